The van der Waals surface area contributed by atoms with E-state index in [1.807, 2.05) is 0 Å². The van der Waals surface area contributed by atoms with Gasteiger partial charge in [-0.2, -0.15) is 0 Å². The monoisotopic (exact) mass is 179 g/mol. The van der Waals surface area contributed by atoms with Crippen LogP contribution in [0.25, 0.3) is 0 Å². The van der Waals surface area contributed by atoms with Gasteiger partial charge in [-0.3, -0.25) is 0 Å². The first-order valence-corrected chi connectivity index (χ1v) is 5.90. The molecule has 2 bridgehead atoms. The highest BCUT2D eigenvalue weighted by Crippen LogP contribution is 2.60. The molecule has 1 radical (unpaired) electrons. The standard InChI is InChI=1S/C12H22B.H2/c1-11(2,3)12-8-4-6-10(13-12)7-5-9-12;/h10H,4-9H2,1-3H3;1H. The van der Waals surface area contributed by atoms with Crippen molar-refractivity contribution in [3.63, 3.8) is 0 Å². The van der Waals surface area contributed by atoms with Gasteiger partial charge in [0, 0.05) is 1.43 Å². The predicted octanol–water partition coefficient (Wildman–Crippen LogP) is 4.30. The first-order valence-electron chi connectivity index (χ1n) is 5.90. The topological polar surface area (TPSA) is 0 Å². The van der Waals surface area contributed by atoms with Crippen molar-refractivity contribution in [1.29, 1.82) is 0 Å². The normalized spacial score (nSPS) is 39.8. The average Bonchev–Trinajstić information content (AvgIpc) is 2.02. The summed E-state index contributed by atoms with van der Waals surface area (Å²) in [6, 6.07) is 0. The van der Waals surface area contributed by atoms with Gasteiger partial charge in [-0.25, -0.2) is 0 Å². The van der Waals surface area contributed by atoms with Gasteiger partial charge >= 0.3 is 0 Å². The highest BCUT2D eigenvalue weighted by Gasteiger charge is 2.47. The molecule has 0 aromatic rings. The highest BCUT2D eigenvalue weighted by molar-refractivity contribution is 6.43. The Hall–Kier alpha value is 0.0649. The van der Waals surface area contributed by atoms with Gasteiger partial charge in [0.15, 0.2) is 0 Å². The van der Waals surface area contributed by atoms with Crippen molar-refractivity contribution < 1.29 is 1.43 Å². The second-order valence-corrected chi connectivity index (χ2v) is 6.12. The molecule has 2 saturated heterocycles. The summed E-state index contributed by atoms with van der Waals surface area (Å²) < 4.78 is 0. The first kappa shape index (κ1) is 9.61. The molecule has 0 nitrogen and oxygen atoms in total. The van der Waals surface area contributed by atoms with E-state index >= 15 is 0 Å². The minimum Gasteiger partial charge on any atom is -0.0682 e. The number of hydrogen-bond acceptors (Lipinski definition) is 0. The van der Waals surface area contributed by atoms with Gasteiger partial charge in [0.1, 0.15) is 7.28 Å². The van der Waals surface area contributed by atoms with E-state index in [1.54, 1.807) is 0 Å². The number of hydrogen-bond donors (Lipinski definition) is 0. The van der Waals surface area contributed by atoms with Gasteiger partial charge in [-0.05, 0) is 5.41 Å². The van der Waals surface area contributed by atoms with Crippen LogP contribution in [0.5, 0.6) is 0 Å². The summed E-state index contributed by atoms with van der Waals surface area (Å²) in [6.07, 6.45) is 8.78. The third kappa shape index (κ3) is 1.55. The Balaban J connectivity index is 0.000000980. The summed E-state index contributed by atoms with van der Waals surface area (Å²) in [5.74, 6) is 0.960. The Morgan fingerprint density at radius 3 is 2.08 bits per heavy atom. The molecule has 0 aromatic carbocycles. The van der Waals surface area contributed by atoms with E-state index in [4.69, 9.17) is 0 Å². The Morgan fingerprint density at radius 2 is 1.69 bits per heavy atom. The fraction of sp³-hybridized carbons (Fsp3) is 1.00. The minimum absolute atomic E-state index is 0. The van der Waals surface area contributed by atoms with Crippen LogP contribution in [-0.4, -0.2) is 7.28 Å². The molecule has 0 saturated carbocycles. The Kier molecular flexibility index (Phi) is 2.24. The van der Waals surface area contributed by atoms with Gasteiger partial charge in [0.2, 0.25) is 0 Å². The SMILES string of the molecule is CC(C)(C)C12[B]C(CCC1)CCC2.[HH]. The van der Waals surface area contributed by atoms with E-state index in [0.717, 1.165) is 5.82 Å². The Morgan fingerprint density at radius 1 is 1.15 bits per heavy atom. The van der Waals surface area contributed by atoms with Crippen molar-refractivity contribution in [3.8, 4) is 0 Å². The molecular formula is C12H24B. The number of fused-ring (bicyclic) bond motifs is 2. The summed E-state index contributed by atoms with van der Waals surface area (Å²) in [5.41, 5.74) is 0.492. The van der Waals surface area contributed by atoms with Crippen molar-refractivity contribution in [1.82, 2.24) is 0 Å². The van der Waals surface area contributed by atoms with Crippen LogP contribution in [0.15, 0.2) is 0 Å². The predicted molar refractivity (Wildman–Crippen MR) is 61.5 cm³/mol. The van der Waals surface area contributed by atoms with E-state index in [-0.39, 0.29) is 1.43 Å². The van der Waals surface area contributed by atoms with Crippen molar-refractivity contribution in [3.05, 3.63) is 0 Å². The largest absolute Gasteiger partial charge is 0.122 e. The van der Waals surface area contributed by atoms with E-state index < -0.39 is 0 Å². The summed E-state index contributed by atoms with van der Waals surface area (Å²) >= 11 is 0. The van der Waals surface area contributed by atoms with Crippen LogP contribution in [0.1, 0.15) is 60.7 Å². The Labute approximate surface area is 85.2 Å². The van der Waals surface area contributed by atoms with Crippen LogP contribution >= 0.6 is 0 Å². The van der Waals surface area contributed by atoms with Crippen LogP contribution in [0, 0.1) is 5.41 Å². The molecule has 0 amide bonds. The van der Waals surface area contributed by atoms with Gasteiger partial charge in [0.25, 0.3) is 0 Å². The maximum atomic E-state index is 2.72. The molecule has 0 spiro atoms. The van der Waals surface area contributed by atoms with E-state index in [2.05, 4.69) is 28.1 Å². The first-order chi connectivity index (χ1) is 6.04. The minimum atomic E-state index is 0. The molecule has 0 aliphatic carbocycles. The van der Waals surface area contributed by atoms with E-state index in [0.29, 0.717) is 10.7 Å². The van der Waals surface area contributed by atoms with Crippen molar-refractivity contribution in [2.45, 2.75) is 70.4 Å². The summed E-state index contributed by atoms with van der Waals surface area (Å²) in [6.45, 7) is 7.28. The lowest BCUT2D eigenvalue weighted by Gasteiger charge is -2.53. The fourth-order valence-corrected chi connectivity index (χ4v) is 3.41. The molecule has 0 atom stereocenters. The van der Waals surface area contributed by atoms with Gasteiger partial charge in [-0.15, -0.1) is 0 Å². The molecule has 0 unspecified atom stereocenters. The van der Waals surface area contributed by atoms with E-state index in [1.165, 1.54) is 38.5 Å². The summed E-state index contributed by atoms with van der Waals surface area (Å²) in [5, 5.41) is 0.591. The molecular weight excluding hydrogens is 155 g/mol. The zero-order chi connectivity index (χ0) is 9.53. The maximum absolute atomic E-state index is 2.72. The van der Waals surface area contributed by atoms with Gasteiger partial charge in [0.05, 0.1) is 0 Å². The quantitative estimate of drug-likeness (QED) is 0.486. The lowest BCUT2D eigenvalue weighted by Crippen LogP contribution is -2.41. The van der Waals surface area contributed by atoms with Crippen LogP contribution in [0.2, 0.25) is 11.1 Å². The van der Waals surface area contributed by atoms with Crippen LogP contribution in [0.4, 0.5) is 0 Å². The molecule has 0 aromatic heterocycles. The molecule has 1 heteroatoms. The van der Waals surface area contributed by atoms with Crippen LogP contribution in [0.3, 0.4) is 0 Å². The molecule has 0 N–H and O–H groups in total. The number of rotatable bonds is 0. The van der Waals surface area contributed by atoms with Crippen molar-refractivity contribution in [2.75, 3.05) is 0 Å². The second kappa shape index (κ2) is 3.03. The zero-order valence-corrected chi connectivity index (χ0v) is 9.40. The lowest BCUT2D eigenvalue weighted by atomic mass is 9.30. The van der Waals surface area contributed by atoms with Crippen LogP contribution < -0.4 is 0 Å². The summed E-state index contributed by atoms with van der Waals surface area (Å²) in [7, 11) is 2.72. The molecule has 2 aliphatic rings. The molecule has 13 heavy (non-hydrogen) atoms. The summed E-state index contributed by atoms with van der Waals surface area (Å²) in [4.78, 5) is 0. The van der Waals surface area contributed by atoms with Crippen molar-refractivity contribution in [2.24, 2.45) is 5.41 Å². The molecule has 75 valence electrons. The third-order valence-corrected chi connectivity index (χ3v) is 4.44. The average molecular weight is 179 g/mol. The molecule has 2 aliphatic heterocycles. The third-order valence-electron chi connectivity index (χ3n) is 4.44. The van der Waals surface area contributed by atoms with Gasteiger partial charge in [-0.1, -0.05) is 70.4 Å². The smallest absolute Gasteiger partial charge is 0.0682 e. The highest BCUT2D eigenvalue weighted by atomic mass is 14.4. The van der Waals surface area contributed by atoms with Crippen LogP contribution in [-0.2, 0) is 0 Å². The van der Waals surface area contributed by atoms with E-state index in [9.17, 15) is 0 Å². The zero-order valence-electron chi connectivity index (χ0n) is 9.40. The molecule has 2 rings (SSSR count). The Bertz CT molecular complexity index is 185. The van der Waals surface area contributed by atoms with Gasteiger partial charge < -0.3 is 0 Å². The molecule has 2 heterocycles. The van der Waals surface area contributed by atoms with Crippen molar-refractivity contribution >= 4 is 7.28 Å². The maximum Gasteiger partial charge on any atom is 0.122 e. The second-order valence-electron chi connectivity index (χ2n) is 6.12. The molecule has 2 fully saturated rings. The lowest BCUT2D eigenvalue weighted by molar-refractivity contribution is 0.188. The fourth-order valence-electron chi connectivity index (χ4n) is 3.41.